The number of aliphatic hydroxyl groups excluding tert-OH is 1. The molecule has 1 heterocycles. The van der Waals surface area contributed by atoms with Crippen LogP contribution in [0.25, 0.3) is 0 Å². The van der Waals surface area contributed by atoms with E-state index in [-0.39, 0.29) is 17.6 Å². The van der Waals surface area contributed by atoms with E-state index in [0.717, 1.165) is 11.1 Å². The summed E-state index contributed by atoms with van der Waals surface area (Å²) in [6.07, 6.45) is -3.09. The Labute approximate surface area is 216 Å². The van der Waals surface area contributed by atoms with Crippen LogP contribution in [0.4, 0.5) is 0 Å². The largest absolute Gasteiger partial charge is 0.414 e. The molecule has 0 spiro atoms. The first-order valence-corrected chi connectivity index (χ1v) is 15.4. The molecule has 1 saturated heterocycles. The van der Waals surface area contributed by atoms with E-state index >= 15 is 0 Å². The van der Waals surface area contributed by atoms with Crippen molar-refractivity contribution in [1.29, 1.82) is 0 Å². The fourth-order valence-electron chi connectivity index (χ4n) is 3.88. The van der Waals surface area contributed by atoms with Gasteiger partial charge in [-0.3, -0.25) is 4.79 Å². The molecule has 2 N–H and O–H groups in total. The number of hydrogen-bond donors (Lipinski definition) is 2. The first-order valence-electron chi connectivity index (χ1n) is 12.5. The molecule has 1 aliphatic rings. The minimum atomic E-state index is -2.09. The van der Waals surface area contributed by atoms with Gasteiger partial charge in [0.15, 0.2) is 14.6 Å². The van der Waals surface area contributed by atoms with E-state index in [1.165, 1.54) is 6.92 Å². The molecular formula is C28H41NO6Si. The Morgan fingerprint density at radius 2 is 1.44 bits per heavy atom. The number of hydrogen-bond acceptors (Lipinski definition) is 6. The molecule has 5 atom stereocenters. The van der Waals surface area contributed by atoms with E-state index in [4.69, 9.17) is 18.6 Å². The van der Waals surface area contributed by atoms with Gasteiger partial charge in [0.1, 0.15) is 24.4 Å². The van der Waals surface area contributed by atoms with Crippen molar-refractivity contribution in [3.63, 3.8) is 0 Å². The van der Waals surface area contributed by atoms with Crippen molar-refractivity contribution in [3.05, 3.63) is 71.8 Å². The van der Waals surface area contributed by atoms with Crippen molar-refractivity contribution in [2.24, 2.45) is 0 Å². The van der Waals surface area contributed by atoms with Crippen LogP contribution in [0, 0.1) is 0 Å². The summed E-state index contributed by atoms with van der Waals surface area (Å²) in [6, 6.07) is 18.8. The Morgan fingerprint density at radius 3 is 1.92 bits per heavy atom. The second-order valence-corrected chi connectivity index (χ2v) is 15.7. The van der Waals surface area contributed by atoms with Crippen LogP contribution < -0.4 is 5.32 Å². The first kappa shape index (κ1) is 28.5. The summed E-state index contributed by atoms with van der Waals surface area (Å²) in [5, 5.41) is 13.8. The highest BCUT2D eigenvalue weighted by Crippen LogP contribution is 2.37. The molecule has 2 aromatic rings. The number of aliphatic hydroxyl groups is 1. The molecule has 1 amide bonds. The zero-order valence-electron chi connectivity index (χ0n) is 22.3. The average molecular weight is 516 g/mol. The van der Waals surface area contributed by atoms with Crippen LogP contribution in [-0.2, 0) is 36.6 Å². The second kappa shape index (κ2) is 12.4. The van der Waals surface area contributed by atoms with Crippen molar-refractivity contribution < 1.29 is 28.5 Å². The van der Waals surface area contributed by atoms with E-state index in [1.54, 1.807) is 0 Å². The van der Waals surface area contributed by atoms with Gasteiger partial charge >= 0.3 is 0 Å². The molecule has 2 aromatic carbocycles. The summed E-state index contributed by atoms with van der Waals surface area (Å²) in [5.74, 6) is -0.284. The minimum Gasteiger partial charge on any atom is -0.414 e. The zero-order valence-corrected chi connectivity index (χ0v) is 23.3. The van der Waals surface area contributed by atoms with Crippen molar-refractivity contribution in [1.82, 2.24) is 5.32 Å². The molecule has 0 bridgehead atoms. The number of nitrogens with one attached hydrogen (secondary N) is 1. The number of carbonyl (C=O) groups is 1. The normalized spacial score (nSPS) is 24.9. The smallest absolute Gasteiger partial charge is 0.217 e. The molecular weight excluding hydrogens is 474 g/mol. The highest BCUT2D eigenvalue weighted by Gasteiger charge is 2.48. The lowest BCUT2D eigenvalue weighted by Gasteiger charge is -2.46. The van der Waals surface area contributed by atoms with E-state index < -0.39 is 39.0 Å². The molecule has 8 heteroatoms. The molecule has 0 aromatic heterocycles. The van der Waals surface area contributed by atoms with Gasteiger partial charge in [-0.1, -0.05) is 81.4 Å². The van der Waals surface area contributed by atoms with Crippen LogP contribution >= 0.6 is 0 Å². The molecule has 36 heavy (non-hydrogen) atoms. The van der Waals surface area contributed by atoms with E-state index in [0.29, 0.717) is 13.2 Å². The molecule has 3 rings (SSSR count). The first-order chi connectivity index (χ1) is 17.0. The number of benzene rings is 2. The average Bonchev–Trinajstić information content (AvgIpc) is 2.82. The number of amides is 1. The lowest BCUT2D eigenvalue weighted by molar-refractivity contribution is -0.274. The number of rotatable bonds is 10. The van der Waals surface area contributed by atoms with Crippen LogP contribution in [-0.4, -0.2) is 56.6 Å². The van der Waals surface area contributed by atoms with Crippen molar-refractivity contribution in [2.45, 2.75) is 89.7 Å². The van der Waals surface area contributed by atoms with Gasteiger partial charge < -0.3 is 29.1 Å². The Morgan fingerprint density at radius 1 is 0.944 bits per heavy atom. The van der Waals surface area contributed by atoms with Gasteiger partial charge in [-0.15, -0.1) is 0 Å². The molecule has 2 unspecified atom stereocenters. The summed E-state index contributed by atoms with van der Waals surface area (Å²) in [7, 11) is -2.09. The maximum atomic E-state index is 12.0. The van der Waals surface area contributed by atoms with Crippen LogP contribution in [0.1, 0.15) is 38.8 Å². The Bertz CT molecular complexity index is 950. The van der Waals surface area contributed by atoms with Crippen molar-refractivity contribution >= 4 is 14.2 Å². The molecule has 1 aliphatic heterocycles. The molecule has 1 fully saturated rings. The summed E-state index contributed by atoms with van der Waals surface area (Å²) in [6.45, 7) is 13.2. The van der Waals surface area contributed by atoms with Gasteiger partial charge in [0.05, 0.1) is 19.8 Å². The Balaban J connectivity index is 1.87. The van der Waals surface area contributed by atoms with Gasteiger partial charge in [0, 0.05) is 6.92 Å². The number of carbonyl (C=O) groups excluding carboxylic acids is 1. The Kier molecular flexibility index (Phi) is 9.85. The highest BCUT2D eigenvalue weighted by atomic mass is 28.4. The summed E-state index contributed by atoms with van der Waals surface area (Å²) in [5.41, 5.74) is 1.99. The van der Waals surface area contributed by atoms with Gasteiger partial charge in [0.2, 0.25) is 5.91 Å². The molecule has 7 nitrogen and oxygen atoms in total. The van der Waals surface area contributed by atoms with E-state index in [1.807, 2.05) is 60.7 Å². The summed E-state index contributed by atoms with van der Waals surface area (Å²) < 4.78 is 25.3. The standard InChI is InChI=1S/C28H41NO6Si/c1-20(30)29-24-26(33-18-22-15-11-8-12-16-22)25(32-17-21-13-9-7-10-14-21)23(35-27(24)31)19-34-36(5,6)28(2,3)4/h7-16,23-27,31H,17-19H2,1-6H3,(H,29,30)/t23?,24?,25-,26-,27-/m0/s1. The fraction of sp³-hybridized carbons (Fsp3) is 0.536. The molecule has 0 saturated carbocycles. The van der Waals surface area contributed by atoms with E-state index in [9.17, 15) is 9.90 Å². The van der Waals surface area contributed by atoms with Crippen LogP contribution in [0.15, 0.2) is 60.7 Å². The Hall–Kier alpha value is -2.07. The third-order valence-corrected chi connectivity index (χ3v) is 11.5. The van der Waals surface area contributed by atoms with Gasteiger partial charge in [-0.25, -0.2) is 0 Å². The van der Waals surface area contributed by atoms with Gasteiger partial charge in [0.25, 0.3) is 0 Å². The third kappa shape index (κ3) is 7.71. The van der Waals surface area contributed by atoms with Gasteiger partial charge in [-0.05, 0) is 29.3 Å². The molecule has 0 aliphatic carbocycles. The third-order valence-electron chi connectivity index (χ3n) is 7.02. The molecule has 198 valence electrons. The lowest BCUT2D eigenvalue weighted by Crippen LogP contribution is -2.65. The monoisotopic (exact) mass is 515 g/mol. The van der Waals surface area contributed by atoms with Crippen LogP contribution in [0.3, 0.4) is 0 Å². The lowest BCUT2D eigenvalue weighted by atomic mass is 9.96. The maximum Gasteiger partial charge on any atom is 0.217 e. The predicted molar refractivity (Wildman–Crippen MR) is 142 cm³/mol. The van der Waals surface area contributed by atoms with Gasteiger partial charge in [-0.2, -0.15) is 0 Å². The summed E-state index contributed by atoms with van der Waals surface area (Å²) >= 11 is 0. The number of ether oxygens (including phenoxy) is 3. The van der Waals surface area contributed by atoms with Crippen molar-refractivity contribution in [3.8, 4) is 0 Å². The maximum absolute atomic E-state index is 12.0. The topological polar surface area (TPSA) is 86.3 Å². The second-order valence-electron chi connectivity index (χ2n) is 10.9. The summed E-state index contributed by atoms with van der Waals surface area (Å²) in [4.78, 5) is 12.0. The minimum absolute atomic E-state index is 0.0165. The van der Waals surface area contributed by atoms with Crippen LogP contribution in [0.5, 0.6) is 0 Å². The highest BCUT2D eigenvalue weighted by molar-refractivity contribution is 6.74. The van der Waals surface area contributed by atoms with E-state index in [2.05, 4.69) is 39.2 Å². The van der Waals surface area contributed by atoms with Crippen LogP contribution in [0.2, 0.25) is 18.1 Å². The quantitative estimate of drug-likeness (QED) is 0.456. The SMILES string of the molecule is CC(=O)NC1[C@@H](O)OC(CO[Si](C)(C)C(C)(C)C)[C@H](OCc2ccccc2)[C@H]1OCc1ccccc1. The predicted octanol–water partition coefficient (Wildman–Crippen LogP) is 4.40. The molecule has 0 radical (unpaired) electrons. The zero-order chi connectivity index (χ0) is 26.3. The van der Waals surface area contributed by atoms with Crippen molar-refractivity contribution in [2.75, 3.05) is 6.61 Å². The fourth-order valence-corrected chi connectivity index (χ4v) is 4.90.